The molecule has 0 saturated carbocycles. The summed E-state index contributed by atoms with van der Waals surface area (Å²) in [5.41, 5.74) is 0.402. The van der Waals surface area contributed by atoms with Crippen LogP contribution in [0, 0.1) is 5.82 Å². The summed E-state index contributed by atoms with van der Waals surface area (Å²) < 4.78 is 13.7. The van der Waals surface area contributed by atoms with Crippen LogP contribution in [0.1, 0.15) is 23.2 Å². The van der Waals surface area contributed by atoms with Crippen LogP contribution in [0.5, 0.6) is 0 Å². The molecule has 19 heavy (non-hydrogen) atoms. The topological polar surface area (TPSA) is 23.6 Å². The van der Waals surface area contributed by atoms with Gasteiger partial charge in [0.05, 0.1) is 10.0 Å². The maximum absolute atomic E-state index is 13.5. The molecule has 0 bridgehead atoms. The normalized spacial score (nSPS) is 19.8. The molecule has 0 aliphatic carbocycles. The molecular weight excluding hydrogens is 311 g/mol. The van der Waals surface area contributed by atoms with Crippen LogP contribution in [0.2, 0.25) is 0 Å². The zero-order valence-electron chi connectivity index (χ0n) is 11.2. The van der Waals surface area contributed by atoms with E-state index < -0.39 is 5.82 Å². The smallest absolute Gasteiger partial charge is 0.255 e. The maximum Gasteiger partial charge on any atom is 0.255 e. The van der Waals surface area contributed by atoms with Crippen molar-refractivity contribution in [3.63, 3.8) is 0 Å². The third-order valence-corrected chi connectivity index (χ3v) is 4.40. The molecule has 1 unspecified atom stereocenters. The fourth-order valence-corrected chi connectivity index (χ4v) is 2.83. The summed E-state index contributed by atoms with van der Waals surface area (Å²) in [6.45, 7) is 1.45. The van der Waals surface area contributed by atoms with Gasteiger partial charge in [-0.25, -0.2) is 4.39 Å². The van der Waals surface area contributed by atoms with Gasteiger partial charge in [-0.3, -0.25) is 4.79 Å². The first-order valence-corrected chi connectivity index (χ1v) is 7.19. The average Bonchev–Trinajstić information content (AvgIpc) is 2.41. The summed E-state index contributed by atoms with van der Waals surface area (Å²) in [4.78, 5) is 16.4. The number of benzene rings is 1. The molecule has 1 fully saturated rings. The molecule has 0 aromatic heterocycles. The molecule has 3 nitrogen and oxygen atoms in total. The third-order valence-electron chi connectivity index (χ3n) is 3.60. The number of likely N-dealkylation sites (N-methyl/N-ethyl adjacent to an activating group) is 1. The Morgan fingerprint density at radius 3 is 2.89 bits per heavy atom. The van der Waals surface area contributed by atoms with Gasteiger partial charge in [0.15, 0.2) is 0 Å². The van der Waals surface area contributed by atoms with E-state index in [-0.39, 0.29) is 10.4 Å². The van der Waals surface area contributed by atoms with Crippen LogP contribution in [0.3, 0.4) is 0 Å². The fraction of sp³-hybridized carbons (Fsp3) is 0.500. The molecule has 0 spiro atoms. The summed E-state index contributed by atoms with van der Waals surface area (Å²) in [5.74, 6) is -0.495. The van der Waals surface area contributed by atoms with E-state index >= 15 is 0 Å². The summed E-state index contributed by atoms with van der Waals surface area (Å²) in [6, 6.07) is 4.96. The zero-order chi connectivity index (χ0) is 14.0. The molecule has 5 heteroatoms. The van der Waals surface area contributed by atoms with E-state index in [1.54, 1.807) is 12.1 Å². The van der Waals surface area contributed by atoms with E-state index in [2.05, 4.69) is 20.8 Å². The molecule has 1 heterocycles. The van der Waals surface area contributed by atoms with Crippen molar-refractivity contribution in [3.05, 3.63) is 34.1 Å². The van der Waals surface area contributed by atoms with Gasteiger partial charge < -0.3 is 9.80 Å². The van der Waals surface area contributed by atoms with Crippen molar-refractivity contribution in [2.45, 2.75) is 18.9 Å². The predicted molar refractivity (Wildman–Crippen MR) is 76.7 cm³/mol. The summed E-state index contributed by atoms with van der Waals surface area (Å²) in [7, 11) is 4.05. The first-order chi connectivity index (χ1) is 9.00. The van der Waals surface area contributed by atoms with Crippen molar-refractivity contribution < 1.29 is 9.18 Å². The van der Waals surface area contributed by atoms with Crippen molar-refractivity contribution in [2.24, 2.45) is 0 Å². The predicted octanol–water partition coefficient (Wildman–Crippen LogP) is 2.75. The first kappa shape index (κ1) is 14.5. The second-order valence-electron chi connectivity index (χ2n) is 5.11. The van der Waals surface area contributed by atoms with Crippen molar-refractivity contribution in [1.29, 1.82) is 0 Å². The Balaban J connectivity index is 2.17. The van der Waals surface area contributed by atoms with Crippen LogP contribution in [0.15, 0.2) is 22.7 Å². The number of rotatable bonds is 2. The lowest BCUT2D eigenvalue weighted by molar-refractivity contribution is 0.0633. The molecule has 2 rings (SSSR count). The highest BCUT2D eigenvalue weighted by molar-refractivity contribution is 9.10. The van der Waals surface area contributed by atoms with Crippen LogP contribution in [0.25, 0.3) is 0 Å². The largest absolute Gasteiger partial charge is 0.337 e. The Morgan fingerprint density at radius 2 is 2.21 bits per heavy atom. The lowest BCUT2D eigenvalue weighted by Crippen LogP contribution is -2.47. The van der Waals surface area contributed by atoms with Gasteiger partial charge in [-0.1, -0.05) is 6.07 Å². The van der Waals surface area contributed by atoms with Crippen molar-refractivity contribution in [1.82, 2.24) is 9.80 Å². The van der Waals surface area contributed by atoms with Gasteiger partial charge in [0, 0.05) is 19.1 Å². The zero-order valence-corrected chi connectivity index (χ0v) is 12.8. The van der Waals surface area contributed by atoms with E-state index in [9.17, 15) is 9.18 Å². The summed E-state index contributed by atoms with van der Waals surface area (Å²) >= 11 is 3.16. The highest BCUT2D eigenvalue weighted by atomic mass is 79.9. The van der Waals surface area contributed by atoms with E-state index in [1.807, 2.05) is 19.0 Å². The molecule has 1 aliphatic rings. The molecule has 1 aliphatic heterocycles. The monoisotopic (exact) mass is 328 g/mol. The molecule has 0 radical (unpaired) electrons. The second-order valence-corrected chi connectivity index (χ2v) is 5.91. The number of halogens is 2. The van der Waals surface area contributed by atoms with Crippen LogP contribution in [0.4, 0.5) is 4.39 Å². The van der Waals surface area contributed by atoms with Gasteiger partial charge in [-0.15, -0.1) is 0 Å². The van der Waals surface area contributed by atoms with Crippen molar-refractivity contribution in [2.75, 3.05) is 27.2 Å². The van der Waals surface area contributed by atoms with Crippen LogP contribution in [-0.2, 0) is 0 Å². The third kappa shape index (κ3) is 3.15. The van der Waals surface area contributed by atoms with Gasteiger partial charge >= 0.3 is 0 Å². The number of hydrogen-bond acceptors (Lipinski definition) is 2. The molecule has 1 aromatic carbocycles. The molecular formula is C14H18BrFN2O. The SMILES string of the molecule is CN(C)C1CCCN(C(=O)c2cccc(F)c2Br)C1. The molecule has 1 atom stereocenters. The minimum Gasteiger partial charge on any atom is -0.337 e. The van der Waals surface area contributed by atoms with Gasteiger partial charge in [-0.05, 0) is 55.0 Å². The highest BCUT2D eigenvalue weighted by Crippen LogP contribution is 2.24. The molecule has 0 N–H and O–H groups in total. The minimum atomic E-state index is -0.396. The van der Waals surface area contributed by atoms with Gasteiger partial charge in [0.1, 0.15) is 5.82 Å². The van der Waals surface area contributed by atoms with E-state index in [0.717, 1.165) is 19.4 Å². The Hall–Kier alpha value is -0.940. The number of piperidine rings is 1. The van der Waals surface area contributed by atoms with E-state index in [1.165, 1.54) is 6.07 Å². The lowest BCUT2D eigenvalue weighted by atomic mass is 10.0. The van der Waals surface area contributed by atoms with Gasteiger partial charge in [0.2, 0.25) is 0 Å². The van der Waals surface area contributed by atoms with Crippen molar-refractivity contribution in [3.8, 4) is 0 Å². The maximum atomic E-state index is 13.5. The van der Waals surface area contributed by atoms with Crippen LogP contribution >= 0.6 is 15.9 Å². The number of amides is 1. The minimum absolute atomic E-state index is 0.0991. The van der Waals surface area contributed by atoms with Crippen molar-refractivity contribution >= 4 is 21.8 Å². The quantitative estimate of drug-likeness (QED) is 0.833. The van der Waals surface area contributed by atoms with Gasteiger partial charge in [0.25, 0.3) is 5.91 Å². The van der Waals surface area contributed by atoms with Crippen LogP contribution < -0.4 is 0 Å². The number of carbonyl (C=O) groups excluding carboxylic acids is 1. The molecule has 1 amide bonds. The molecule has 1 aromatic rings. The Kier molecular flexibility index (Phi) is 4.58. The van der Waals surface area contributed by atoms with Crippen LogP contribution in [-0.4, -0.2) is 48.9 Å². The number of likely N-dealkylation sites (tertiary alicyclic amines) is 1. The number of hydrogen-bond donors (Lipinski definition) is 0. The number of nitrogens with zero attached hydrogens (tertiary/aromatic N) is 2. The second kappa shape index (κ2) is 6.01. The Bertz CT molecular complexity index is 479. The Labute approximate surface area is 121 Å². The Morgan fingerprint density at radius 1 is 1.47 bits per heavy atom. The van der Waals surface area contributed by atoms with E-state index in [0.29, 0.717) is 18.2 Å². The average molecular weight is 329 g/mol. The van der Waals surface area contributed by atoms with E-state index in [4.69, 9.17) is 0 Å². The van der Waals surface area contributed by atoms with Gasteiger partial charge in [-0.2, -0.15) is 0 Å². The standard InChI is InChI=1S/C14H18BrFN2O/c1-17(2)10-5-4-8-18(9-10)14(19)11-6-3-7-12(16)13(11)15/h3,6-7,10H,4-5,8-9H2,1-2H3. The summed E-state index contributed by atoms with van der Waals surface area (Å²) in [6.07, 6.45) is 2.09. The highest BCUT2D eigenvalue weighted by Gasteiger charge is 2.26. The number of carbonyl (C=O) groups is 1. The summed E-state index contributed by atoms with van der Waals surface area (Å²) in [5, 5.41) is 0. The fourth-order valence-electron chi connectivity index (χ4n) is 2.40. The molecule has 1 saturated heterocycles. The lowest BCUT2D eigenvalue weighted by Gasteiger charge is -2.36. The first-order valence-electron chi connectivity index (χ1n) is 6.40. The molecule has 104 valence electrons.